The Bertz CT molecular complexity index is 869. The first-order valence-corrected chi connectivity index (χ1v) is 10.0. The number of rotatable bonds is 6. The van der Waals surface area contributed by atoms with Gasteiger partial charge in [0.1, 0.15) is 12.4 Å². The normalized spacial score (nSPS) is 14.7. The van der Waals surface area contributed by atoms with Crippen LogP contribution in [0, 0.1) is 13.8 Å². The van der Waals surface area contributed by atoms with Crippen LogP contribution in [-0.2, 0) is 4.79 Å². The SMILES string of the molecule is Cc1ccccc1OC[C@H](C)NC(=S)Nc1ccc(N2CCCC2=O)c(C)c1. The minimum atomic E-state index is 0.0576. The summed E-state index contributed by atoms with van der Waals surface area (Å²) in [5.41, 5.74) is 4.05. The number of thiocarbonyl (C=S) groups is 1. The Kier molecular flexibility index (Phi) is 6.52. The van der Waals surface area contributed by atoms with E-state index in [-0.39, 0.29) is 11.9 Å². The number of nitrogens with one attached hydrogen (secondary N) is 2. The average Bonchev–Trinajstić information content (AvgIpc) is 3.07. The molecule has 2 aromatic rings. The number of anilines is 2. The van der Waals surface area contributed by atoms with Crippen LogP contribution in [0.25, 0.3) is 0 Å². The third-order valence-corrected chi connectivity index (χ3v) is 5.00. The fourth-order valence-electron chi connectivity index (χ4n) is 3.30. The number of nitrogens with zero attached hydrogens (tertiary/aromatic N) is 1. The molecule has 2 aromatic carbocycles. The van der Waals surface area contributed by atoms with Gasteiger partial charge in [0.05, 0.1) is 6.04 Å². The number of benzene rings is 2. The minimum Gasteiger partial charge on any atom is -0.491 e. The van der Waals surface area contributed by atoms with Crippen molar-refractivity contribution in [1.29, 1.82) is 0 Å². The van der Waals surface area contributed by atoms with E-state index in [0.717, 1.165) is 41.2 Å². The van der Waals surface area contributed by atoms with Gasteiger partial charge in [-0.3, -0.25) is 4.79 Å². The molecule has 0 unspecified atom stereocenters. The van der Waals surface area contributed by atoms with Crippen LogP contribution in [0.2, 0.25) is 0 Å². The Morgan fingerprint density at radius 2 is 2.00 bits per heavy atom. The van der Waals surface area contributed by atoms with Gasteiger partial charge in [-0.1, -0.05) is 18.2 Å². The lowest BCUT2D eigenvalue weighted by Crippen LogP contribution is -2.39. The highest BCUT2D eigenvalue weighted by Crippen LogP contribution is 2.27. The first-order valence-electron chi connectivity index (χ1n) is 9.61. The molecule has 1 atom stereocenters. The number of ether oxygens (including phenoxy) is 1. The van der Waals surface area contributed by atoms with Gasteiger partial charge in [0, 0.05) is 24.3 Å². The van der Waals surface area contributed by atoms with E-state index >= 15 is 0 Å². The molecule has 1 amide bonds. The van der Waals surface area contributed by atoms with Crippen LogP contribution in [0.3, 0.4) is 0 Å². The molecular formula is C22H27N3O2S. The van der Waals surface area contributed by atoms with E-state index in [1.807, 2.05) is 68.1 Å². The molecule has 0 spiro atoms. The lowest BCUT2D eigenvalue weighted by molar-refractivity contribution is -0.117. The minimum absolute atomic E-state index is 0.0576. The molecule has 6 heteroatoms. The quantitative estimate of drug-likeness (QED) is 0.716. The van der Waals surface area contributed by atoms with E-state index in [2.05, 4.69) is 10.6 Å². The zero-order valence-corrected chi connectivity index (χ0v) is 17.4. The topological polar surface area (TPSA) is 53.6 Å². The highest BCUT2D eigenvalue weighted by atomic mass is 32.1. The van der Waals surface area contributed by atoms with Crippen LogP contribution < -0.4 is 20.3 Å². The van der Waals surface area contributed by atoms with Crippen molar-refractivity contribution in [2.75, 3.05) is 23.4 Å². The van der Waals surface area contributed by atoms with Crippen LogP contribution >= 0.6 is 12.2 Å². The molecule has 0 aromatic heterocycles. The highest BCUT2D eigenvalue weighted by Gasteiger charge is 2.22. The van der Waals surface area contributed by atoms with Crippen LogP contribution in [0.15, 0.2) is 42.5 Å². The zero-order chi connectivity index (χ0) is 20.1. The summed E-state index contributed by atoms with van der Waals surface area (Å²) in [7, 11) is 0. The summed E-state index contributed by atoms with van der Waals surface area (Å²) in [4.78, 5) is 13.8. The van der Waals surface area contributed by atoms with E-state index in [9.17, 15) is 4.79 Å². The van der Waals surface area contributed by atoms with Gasteiger partial charge in [0.15, 0.2) is 5.11 Å². The standard InChI is InChI=1S/C22H27N3O2S/c1-15-7-4-5-8-20(15)27-14-17(3)23-22(28)24-18-10-11-19(16(2)13-18)25-12-6-9-21(25)26/h4-5,7-8,10-11,13,17H,6,9,12,14H2,1-3H3,(H2,23,24,28)/t17-/m0/s1. The maximum Gasteiger partial charge on any atom is 0.227 e. The molecule has 1 saturated heterocycles. The van der Waals surface area contributed by atoms with Crippen molar-refractivity contribution in [2.24, 2.45) is 0 Å². The van der Waals surface area contributed by atoms with E-state index in [1.165, 1.54) is 0 Å². The van der Waals surface area contributed by atoms with Crippen molar-refractivity contribution in [3.63, 3.8) is 0 Å². The maximum atomic E-state index is 12.0. The van der Waals surface area contributed by atoms with E-state index < -0.39 is 0 Å². The number of aryl methyl sites for hydroxylation is 2. The second-order valence-corrected chi connectivity index (χ2v) is 7.63. The summed E-state index contributed by atoms with van der Waals surface area (Å²) in [5, 5.41) is 7.01. The van der Waals surface area contributed by atoms with E-state index in [4.69, 9.17) is 17.0 Å². The predicted molar refractivity (Wildman–Crippen MR) is 118 cm³/mol. The number of para-hydroxylation sites is 1. The van der Waals surface area contributed by atoms with Gasteiger partial charge in [0.25, 0.3) is 0 Å². The smallest absolute Gasteiger partial charge is 0.227 e. The predicted octanol–water partition coefficient (Wildman–Crippen LogP) is 4.18. The number of hydrogen-bond donors (Lipinski definition) is 2. The van der Waals surface area contributed by atoms with Crippen molar-refractivity contribution in [3.8, 4) is 5.75 Å². The highest BCUT2D eigenvalue weighted by molar-refractivity contribution is 7.80. The molecule has 1 fully saturated rings. The molecule has 1 heterocycles. The summed E-state index contributed by atoms with van der Waals surface area (Å²) < 4.78 is 5.86. The number of carbonyl (C=O) groups excluding carboxylic acids is 1. The average molecular weight is 398 g/mol. The second-order valence-electron chi connectivity index (χ2n) is 7.23. The molecule has 28 heavy (non-hydrogen) atoms. The van der Waals surface area contributed by atoms with Crippen LogP contribution in [0.4, 0.5) is 11.4 Å². The molecule has 3 rings (SSSR count). The van der Waals surface area contributed by atoms with Gasteiger partial charge in [-0.25, -0.2) is 0 Å². The van der Waals surface area contributed by atoms with Crippen molar-refractivity contribution >= 4 is 34.6 Å². The molecular weight excluding hydrogens is 370 g/mol. The van der Waals surface area contributed by atoms with Gasteiger partial charge in [-0.2, -0.15) is 0 Å². The Morgan fingerprint density at radius 1 is 1.21 bits per heavy atom. The van der Waals surface area contributed by atoms with E-state index in [1.54, 1.807) is 0 Å². The van der Waals surface area contributed by atoms with Crippen LogP contribution in [0.5, 0.6) is 5.75 Å². The molecule has 148 valence electrons. The largest absolute Gasteiger partial charge is 0.491 e. The van der Waals surface area contributed by atoms with Crippen molar-refractivity contribution in [1.82, 2.24) is 5.32 Å². The van der Waals surface area contributed by atoms with Gasteiger partial charge >= 0.3 is 0 Å². The Balaban J connectivity index is 1.52. The number of carbonyl (C=O) groups is 1. The van der Waals surface area contributed by atoms with Crippen LogP contribution in [-0.4, -0.2) is 30.2 Å². The van der Waals surface area contributed by atoms with Gasteiger partial charge in [0.2, 0.25) is 5.91 Å². The van der Waals surface area contributed by atoms with Gasteiger partial charge < -0.3 is 20.3 Å². The molecule has 0 bridgehead atoms. The lowest BCUT2D eigenvalue weighted by Gasteiger charge is -2.21. The molecule has 1 aliphatic heterocycles. The zero-order valence-electron chi connectivity index (χ0n) is 16.6. The van der Waals surface area contributed by atoms with Gasteiger partial charge in [-0.05, 0) is 74.8 Å². The summed E-state index contributed by atoms with van der Waals surface area (Å²) in [6.07, 6.45) is 1.56. The second kappa shape index (κ2) is 9.06. The monoisotopic (exact) mass is 397 g/mol. The Labute approximate surface area is 172 Å². The summed E-state index contributed by atoms with van der Waals surface area (Å²) in [5.74, 6) is 1.08. The maximum absolute atomic E-state index is 12.0. The third kappa shape index (κ3) is 5.01. The Morgan fingerprint density at radius 3 is 2.68 bits per heavy atom. The fourth-order valence-corrected chi connectivity index (χ4v) is 3.62. The lowest BCUT2D eigenvalue weighted by atomic mass is 10.1. The Hall–Kier alpha value is -2.60. The summed E-state index contributed by atoms with van der Waals surface area (Å²) >= 11 is 5.43. The molecule has 1 aliphatic rings. The molecule has 2 N–H and O–H groups in total. The first kappa shape index (κ1) is 20.1. The first-order chi connectivity index (χ1) is 13.4. The number of hydrogen-bond acceptors (Lipinski definition) is 3. The molecule has 0 saturated carbocycles. The molecule has 0 aliphatic carbocycles. The van der Waals surface area contributed by atoms with Crippen molar-refractivity contribution in [2.45, 2.75) is 39.7 Å². The van der Waals surface area contributed by atoms with E-state index in [0.29, 0.717) is 18.1 Å². The summed E-state index contributed by atoms with van der Waals surface area (Å²) in [6.45, 7) is 7.38. The fraction of sp³-hybridized carbons (Fsp3) is 0.364. The van der Waals surface area contributed by atoms with Crippen molar-refractivity contribution in [3.05, 3.63) is 53.6 Å². The molecule has 5 nitrogen and oxygen atoms in total. The van der Waals surface area contributed by atoms with Crippen molar-refractivity contribution < 1.29 is 9.53 Å². The van der Waals surface area contributed by atoms with Gasteiger partial charge in [-0.15, -0.1) is 0 Å². The van der Waals surface area contributed by atoms with Crippen LogP contribution in [0.1, 0.15) is 30.9 Å². The molecule has 0 radical (unpaired) electrons. The third-order valence-electron chi connectivity index (χ3n) is 4.78. The number of amides is 1. The summed E-state index contributed by atoms with van der Waals surface area (Å²) in [6, 6.07) is 14.0.